The largest absolute Gasteiger partial charge is 0.316 e. The predicted molar refractivity (Wildman–Crippen MR) is 83.4 cm³/mol. The van der Waals surface area contributed by atoms with Crippen LogP contribution in [0.5, 0.6) is 0 Å². The second-order valence-corrected chi connectivity index (χ2v) is 6.54. The number of nitrogens with one attached hydrogen (secondary N) is 1. The Morgan fingerprint density at radius 1 is 1.05 bits per heavy atom. The summed E-state index contributed by atoms with van der Waals surface area (Å²) in [6.45, 7) is 7.21. The van der Waals surface area contributed by atoms with Crippen LogP contribution in [0, 0.1) is 17.8 Å². The first kappa shape index (κ1) is 14.6. The SMILES string of the molecule is CNC(C1CCC(C)C(C)C1)C(C)c1ccccc1. The van der Waals surface area contributed by atoms with E-state index in [0.29, 0.717) is 12.0 Å². The average Bonchev–Trinajstić information content (AvgIpc) is 2.44. The first-order chi connectivity index (χ1) is 9.13. The number of likely N-dealkylation sites (N-methyl/N-ethyl adjacent to an activating group) is 1. The number of hydrogen-bond donors (Lipinski definition) is 1. The molecule has 0 radical (unpaired) electrons. The molecule has 1 aliphatic carbocycles. The maximum atomic E-state index is 3.61. The Morgan fingerprint density at radius 2 is 1.74 bits per heavy atom. The minimum absolute atomic E-state index is 0.594. The lowest BCUT2D eigenvalue weighted by Gasteiger charge is -2.39. The molecular formula is C18H29N. The average molecular weight is 259 g/mol. The van der Waals surface area contributed by atoms with Gasteiger partial charge >= 0.3 is 0 Å². The van der Waals surface area contributed by atoms with Crippen molar-refractivity contribution >= 4 is 0 Å². The van der Waals surface area contributed by atoms with Crippen molar-refractivity contribution in [2.45, 2.75) is 52.0 Å². The Bertz CT molecular complexity index is 373. The summed E-state index contributed by atoms with van der Waals surface area (Å²) in [5.41, 5.74) is 1.47. The van der Waals surface area contributed by atoms with E-state index < -0.39 is 0 Å². The lowest BCUT2D eigenvalue weighted by Crippen LogP contribution is -2.41. The van der Waals surface area contributed by atoms with Crippen molar-refractivity contribution in [1.29, 1.82) is 0 Å². The molecule has 0 bridgehead atoms. The third-order valence-electron chi connectivity index (χ3n) is 5.34. The molecule has 5 atom stereocenters. The third-order valence-corrected chi connectivity index (χ3v) is 5.34. The van der Waals surface area contributed by atoms with E-state index in [2.05, 4.69) is 63.5 Å². The Kier molecular flexibility index (Phi) is 5.04. The van der Waals surface area contributed by atoms with Gasteiger partial charge in [-0.25, -0.2) is 0 Å². The Labute approximate surface area is 118 Å². The molecule has 0 aromatic heterocycles. The highest BCUT2D eigenvalue weighted by Gasteiger charge is 2.32. The molecule has 0 amide bonds. The van der Waals surface area contributed by atoms with Gasteiger partial charge in [0.2, 0.25) is 0 Å². The fraction of sp³-hybridized carbons (Fsp3) is 0.667. The smallest absolute Gasteiger partial charge is 0.0158 e. The summed E-state index contributed by atoms with van der Waals surface area (Å²) < 4.78 is 0. The van der Waals surface area contributed by atoms with Gasteiger partial charge in [0.1, 0.15) is 0 Å². The van der Waals surface area contributed by atoms with Crippen LogP contribution >= 0.6 is 0 Å². The van der Waals surface area contributed by atoms with Gasteiger partial charge in [0, 0.05) is 6.04 Å². The Balaban J connectivity index is 2.07. The lowest BCUT2D eigenvalue weighted by atomic mass is 9.70. The van der Waals surface area contributed by atoms with Crippen molar-refractivity contribution in [2.75, 3.05) is 7.05 Å². The van der Waals surface area contributed by atoms with Crippen molar-refractivity contribution in [1.82, 2.24) is 5.32 Å². The summed E-state index contributed by atoms with van der Waals surface area (Å²) in [7, 11) is 2.13. The fourth-order valence-corrected chi connectivity index (χ4v) is 3.77. The van der Waals surface area contributed by atoms with Crippen LogP contribution in [0.3, 0.4) is 0 Å². The van der Waals surface area contributed by atoms with E-state index in [0.717, 1.165) is 17.8 Å². The second-order valence-electron chi connectivity index (χ2n) is 6.54. The van der Waals surface area contributed by atoms with Gasteiger partial charge in [-0.2, -0.15) is 0 Å². The quantitative estimate of drug-likeness (QED) is 0.842. The molecule has 5 unspecified atom stereocenters. The van der Waals surface area contributed by atoms with Gasteiger partial charge in [-0.15, -0.1) is 0 Å². The van der Waals surface area contributed by atoms with Crippen molar-refractivity contribution in [2.24, 2.45) is 17.8 Å². The van der Waals surface area contributed by atoms with Crippen LogP contribution in [0.1, 0.15) is 51.5 Å². The van der Waals surface area contributed by atoms with Gasteiger partial charge in [-0.3, -0.25) is 0 Å². The summed E-state index contributed by atoms with van der Waals surface area (Å²) in [5, 5.41) is 3.61. The molecule has 19 heavy (non-hydrogen) atoms. The van der Waals surface area contributed by atoms with Crippen LogP contribution in [0.25, 0.3) is 0 Å². The zero-order chi connectivity index (χ0) is 13.8. The van der Waals surface area contributed by atoms with E-state index >= 15 is 0 Å². The van der Waals surface area contributed by atoms with E-state index in [9.17, 15) is 0 Å². The van der Waals surface area contributed by atoms with Gasteiger partial charge in [0.05, 0.1) is 0 Å². The van der Waals surface area contributed by atoms with E-state index in [4.69, 9.17) is 0 Å². The summed E-state index contributed by atoms with van der Waals surface area (Å²) in [4.78, 5) is 0. The van der Waals surface area contributed by atoms with Crippen LogP contribution in [-0.2, 0) is 0 Å². The maximum Gasteiger partial charge on any atom is 0.0158 e. The molecule has 1 N–H and O–H groups in total. The molecule has 1 saturated carbocycles. The number of benzene rings is 1. The molecule has 0 aliphatic heterocycles. The second kappa shape index (κ2) is 6.56. The van der Waals surface area contributed by atoms with E-state index in [1.165, 1.54) is 24.8 Å². The molecule has 0 spiro atoms. The standard InChI is InChI=1S/C18H29N/c1-13-10-11-17(12-14(13)2)18(19-4)15(3)16-8-6-5-7-9-16/h5-9,13-15,17-19H,10-12H2,1-4H3. The predicted octanol–water partition coefficient (Wildman–Crippen LogP) is 4.45. The van der Waals surface area contributed by atoms with Gasteiger partial charge in [-0.1, -0.05) is 57.5 Å². The fourth-order valence-electron chi connectivity index (χ4n) is 3.77. The molecule has 1 aromatic rings. The van der Waals surface area contributed by atoms with E-state index in [1.807, 2.05) is 0 Å². The molecule has 0 saturated heterocycles. The summed E-state index contributed by atoms with van der Waals surface area (Å²) in [5.74, 6) is 3.20. The minimum atomic E-state index is 0.594. The van der Waals surface area contributed by atoms with Crippen LogP contribution in [0.2, 0.25) is 0 Å². The highest BCUT2D eigenvalue weighted by Crippen LogP contribution is 2.38. The topological polar surface area (TPSA) is 12.0 Å². The molecule has 1 aromatic carbocycles. The number of rotatable bonds is 4. The van der Waals surface area contributed by atoms with Crippen molar-refractivity contribution in [3.63, 3.8) is 0 Å². The van der Waals surface area contributed by atoms with Gasteiger partial charge in [0.25, 0.3) is 0 Å². The highest BCUT2D eigenvalue weighted by atomic mass is 14.9. The molecular weight excluding hydrogens is 230 g/mol. The summed E-state index contributed by atoms with van der Waals surface area (Å²) >= 11 is 0. The first-order valence-electron chi connectivity index (χ1n) is 7.85. The maximum absolute atomic E-state index is 3.61. The normalized spacial score (nSPS) is 30.8. The number of hydrogen-bond acceptors (Lipinski definition) is 1. The van der Waals surface area contributed by atoms with Gasteiger partial charge < -0.3 is 5.32 Å². The molecule has 1 heteroatoms. The molecule has 2 rings (SSSR count). The van der Waals surface area contributed by atoms with Gasteiger partial charge in [0.15, 0.2) is 0 Å². The minimum Gasteiger partial charge on any atom is -0.316 e. The molecule has 1 fully saturated rings. The van der Waals surface area contributed by atoms with Crippen molar-refractivity contribution in [3.8, 4) is 0 Å². The Morgan fingerprint density at radius 3 is 2.32 bits per heavy atom. The highest BCUT2D eigenvalue weighted by molar-refractivity contribution is 5.21. The van der Waals surface area contributed by atoms with Crippen molar-refractivity contribution in [3.05, 3.63) is 35.9 Å². The molecule has 106 valence electrons. The zero-order valence-corrected chi connectivity index (χ0v) is 12.9. The summed E-state index contributed by atoms with van der Waals surface area (Å²) in [6, 6.07) is 11.6. The van der Waals surface area contributed by atoms with E-state index in [-0.39, 0.29) is 0 Å². The molecule has 1 aliphatic rings. The molecule has 0 heterocycles. The van der Waals surface area contributed by atoms with Crippen molar-refractivity contribution < 1.29 is 0 Å². The lowest BCUT2D eigenvalue weighted by molar-refractivity contribution is 0.164. The third kappa shape index (κ3) is 3.39. The monoisotopic (exact) mass is 259 g/mol. The van der Waals surface area contributed by atoms with Crippen LogP contribution < -0.4 is 5.32 Å². The van der Waals surface area contributed by atoms with Crippen LogP contribution in [0.15, 0.2) is 30.3 Å². The zero-order valence-electron chi connectivity index (χ0n) is 12.9. The van der Waals surface area contributed by atoms with Crippen LogP contribution in [-0.4, -0.2) is 13.1 Å². The summed E-state index contributed by atoms with van der Waals surface area (Å²) in [6.07, 6.45) is 4.16. The first-order valence-corrected chi connectivity index (χ1v) is 7.85. The van der Waals surface area contributed by atoms with Crippen LogP contribution in [0.4, 0.5) is 0 Å². The Hall–Kier alpha value is -0.820. The van der Waals surface area contributed by atoms with Gasteiger partial charge in [-0.05, 0) is 49.1 Å². The van der Waals surface area contributed by atoms with E-state index in [1.54, 1.807) is 0 Å². The molecule has 1 nitrogen and oxygen atoms in total.